The third-order valence-electron chi connectivity index (χ3n) is 2.66. The van der Waals surface area contributed by atoms with Crippen molar-refractivity contribution in [1.82, 2.24) is 4.98 Å². The predicted molar refractivity (Wildman–Crippen MR) is 81.1 cm³/mol. The second-order valence-electron chi connectivity index (χ2n) is 3.81. The standard InChI is InChI=1S/C15H11NS2/c1-2-17-15-16-13-10-12(8-9-14(13)18-15)11-6-4-3-5-7-11/h2-10H,1H2. The zero-order valence-corrected chi connectivity index (χ0v) is 11.3. The number of rotatable bonds is 3. The Hall–Kier alpha value is -1.58. The van der Waals surface area contributed by atoms with E-state index >= 15 is 0 Å². The first-order chi connectivity index (χ1) is 8.86. The molecule has 0 radical (unpaired) electrons. The van der Waals surface area contributed by atoms with Crippen LogP contribution in [0.15, 0.2) is 64.9 Å². The molecule has 0 saturated heterocycles. The summed E-state index contributed by atoms with van der Waals surface area (Å²) in [6, 6.07) is 16.8. The highest BCUT2D eigenvalue weighted by Crippen LogP contribution is 2.32. The summed E-state index contributed by atoms with van der Waals surface area (Å²) in [5, 5.41) is 1.82. The highest BCUT2D eigenvalue weighted by molar-refractivity contribution is 8.03. The lowest BCUT2D eigenvalue weighted by Gasteiger charge is -2.00. The number of aromatic nitrogens is 1. The van der Waals surface area contributed by atoms with Crippen LogP contribution in [0, 0.1) is 0 Å². The highest BCUT2D eigenvalue weighted by atomic mass is 32.2. The average Bonchev–Trinajstić information content (AvgIpc) is 2.81. The van der Waals surface area contributed by atoms with E-state index in [9.17, 15) is 0 Å². The highest BCUT2D eigenvalue weighted by Gasteiger charge is 2.05. The van der Waals surface area contributed by atoms with Crippen molar-refractivity contribution >= 4 is 33.3 Å². The fourth-order valence-electron chi connectivity index (χ4n) is 1.84. The summed E-state index contributed by atoms with van der Waals surface area (Å²) in [6.07, 6.45) is 0. The lowest BCUT2D eigenvalue weighted by molar-refractivity contribution is 1.31. The molecule has 2 aromatic carbocycles. The van der Waals surface area contributed by atoms with E-state index in [-0.39, 0.29) is 0 Å². The molecule has 0 aliphatic heterocycles. The van der Waals surface area contributed by atoms with Crippen LogP contribution in [0.1, 0.15) is 0 Å². The summed E-state index contributed by atoms with van der Waals surface area (Å²) in [4.78, 5) is 4.60. The molecule has 0 fully saturated rings. The third-order valence-corrected chi connectivity index (χ3v) is 4.49. The maximum atomic E-state index is 4.60. The van der Waals surface area contributed by atoms with Crippen molar-refractivity contribution in [3.8, 4) is 11.1 Å². The number of hydrogen-bond acceptors (Lipinski definition) is 3. The number of hydrogen-bond donors (Lipinski definition) is 0. The van der Waals surface area contributed by atoms with Gasteiger partial charge in [0, 0.05) is 0 Å². The van der Waals surface area contributed by atoms with Gasteiger partial charge in [-0.05, 0) is 28.7 Å². The van der Waals surface area contributed by atoms with Gasteiger partial charge in [0.15, 0.2) is 4.34 Å². The Balaban J connectivity index is 2.08. The molecule has 3 heteroatoms. The maximum Gasteiger partial charge on any atom is 0.155 e. The lowest BCUT2D eigenvalue weighted by Crippen LogP contribution is -1.76. The molecule has 0 N–H and O–H groups in total. The van der Waals surface area contributed by atoms with Gasteiger partial charge in [0.1, 0.15) is 0 Å². The molecular weight excluding hydrogens is 258 g/mol. The number of nitrogens with zero attached hydrogens (tertiary/aromatic N) is 1. The molecule has 0 aliphatic carbocycles. The van der Waals surface area contributed by atoms with E-state index in [2.05, 4.69) is 54.0 Å². The average molecular weight is 269 g/mol. The van der Waals surface area contributed by atoms with Crippen molar-refractivity contribution < 1.29 is 0 Å². The van der Waals surface area contributed by atoms with E-state index < -0.39 is 0 Å². The van der Waals surface area contributed by atoms with Gasteiger partial charge in [0.05, 0.1) is 10.2 Å². The fourth-order valence-corrected chi connectivity index (χ4v) is 3.48. The smallest absolute Gasteiger partial charge is 0.155 e. The summed E-state index contributed by atoms with van der Waals surface area (Å²) in [6.45, 7) is 3.72. The van der Waals surface area contributed by atoms with Gasteiger partial charge in [-0.25, -0.2) is 4.98 Å². The second-order valence-corrected chi connectivity index (χ2v) is 6.06. The first-order valence-electron chi connectivity index (χ1n) is 5.60. The molecule has 0 saturated carbocycles. The lowest BCUT2D eigenvalue weighted by atomic mass is 10.1. The Kier molecular flexibility index (Phi) is 3.17. The number of thioether (sulfide) groups is 1. The molecule has 0 amide bonds. The first-order valence-corrected chi connectivity index (χ1v) is 7.30. The maximum absolute atomic E-state index is 4.60. The van der Waals surface area contributed by atoms with Crippen LogP contribution in [-0.2, 0) is 0 Å². The van der Waals surface area contributed by atoms with Crippen molar-refractivity contribution in [2.24, 2.45) is 0 Å². The largest absolute Gasteiger partial charge is 0.229 e. The minimum absolute atomic E-state index is 1.05. The normalized spacial score (nSPS) is 10.7. The molecule has 88 valence electrons. The van der Waals surface area contributed by atoms with E-state index in [0.717, 1.165) is 9.86 Å². The van der Waals surface area contributed by atoms with E-state index in [1.165, 1.54) is 15.8 Å². The molecule has 18 heavy (non-hydrogen) atoms. The van der Waals surface area contributed by atoms with Gasteiger partial charge < -0.3 is 0 Å². The quantitative estimate of drug-likeness (QED) is 0.606. The molecule has 1 aromatic heterocycles. The minimum atomic E-state index is 1.05. The van der Waals surface area contributed by atoms with Gasteiger partial charge in [0.25, 0.3) is 0 Å². The van der Waals surface area contributed by atoms with Gasteiger partial charge in [-0.15, -0.1) is 11.3 Å². The molecule has 0 spiro atoms. The Morgan fingerprint density at radius 2 is 1.89 bits per heavy atom. The Morgan fingerprint density at radius 1 is 1.06 bits per heavy atom. The van der Waals surface area contributed by atoms with Crippen molar-refractivity contribution in [3.63, 3.8) is 0 Å². The van der Waals surface area contributed by atoms with Crippen molar-refractivity contribution in [1.29, 1.82) is 0 Å². The van der Waals surface area contributed by atoms with Crippen LogP contribution in [0.25, 0.3) is 21.3 Å². The van der Waals surface area contributed by atoms with Crippen molar-refractivity contribution in [2.45, 2.75) is 4.34 Å². The molecule has 0 aliphatic rings. The molecule has 3 rings (SSSR count). The van der Waals surface area contributed by atoms with E-state index in [1.54, 1.807) is 23.1 Å². The summed E-state index contributed by atoms with van der Waals surface area (Å²) in [7, 11) is 0. The topological polar surface area (TPSA) is 12.9 Å². The van der Waals surface area contributed by atoms with E-state index in [0.29, 0.717) is 0 Å². The number of fused-ring (bicyclic) bond motifs is 1. The van der Waals surface area contributed by atoms with Crippen LogP contribution in [0.4, 0.5) is 0 Å². The third kappa shape index (κ3) is 2.19. The Morgan fingerprint density at radius 3 is 2.67 bits per heavy atom. The summed E-state index contributed by atoms with van der Waals surface area (Å²) in [5.41, 5.74) is 3.50. The van der Waals surface area contributed by atoms with Gasteiger partial charge in [0.2, 0.25) is 0 Å². The number of thiazole rings is 1. The van der Waals surface area contributed by atoms with Crippen LogP contribution in [0.2, 0.25) is 0 Å². The van der Waals surface area contributed by atoms with Crippen LogP contribution in [-0.4, -0.2) is 4.98 Å². The molecule has 0 bridgehead atoms. The molecule has 0 atom stereocenters. The van der Waals surface area contributed by atoms with Crippen molar-refractivity contribution in [3.05, 3.63) is 60.5 Å². The first kappa shape index (κ1) is 11.5. The van der Waals surface area contributed by atoms with Gasteiger partial charge in [-0.2, -0.15) is 0 Å². The second kappa shape index (κ2) is 4.96. The predicted octanol–water partition coefficient (Wildman–Crippen LogP) is 5.20. The van der Waals surface area contributed by atoms with Gasteiger partial charge in [-0.3, -0.25) is 0 Å². The van der Waals surface area contributed by atoms with Crippen molar-refractivity contribution in [2.75, 3.05) is 0 Å². The van der Waals surface area contributed by atoms with Gasteiger partial charge in [-0.1, -0.05) is 54.7 Å². The molecular formula is C15H11NS2. The fraction of sp³-hybridized carbons (Fsp3) is 0. The summed E-state index contributed by atoms with van der Waals surface area (Å²) in [5.74, 6) is 0. The molecule has 3 aromatic rings. The number of benzene rings is 2. The van der Waals surface area contributed by atoms with Crippen LogP contribution in [0.5, 0.6) is 0 Å². The zero-order chi connectivity index (χ0) is 12.4. The van der Waals surface area contributed by atoms with Crippen LogP contribution in [0.3, 0.4) is 0 Å². The molecule has 1 nitrogen and oxygen atoms in total. The molecule has 0 unspecified atom stereocenters. The van der Waals surface area contributed by atoms with Crippen LogP contribution >= 0.6 is 23.1 Å². The Labute approximate surface area is 114 Å². The Bertz CT molecular complexity index is 686. The van der Waals surface area contributed by atoms with Crippen LogP contribution < -0.4 is 0 Å². The monoisotopic (exact) mass is 269 g/mol. The zero-order valence-electron chi connectivity index (χ0n) is 9.67. The SMILES string of the molecule is C=CSc1nc2cc(-c3ccccc3)ccc2s1. The van der Waals surface area contributed by atoms with E-state index in [1.807, 2.05) is 11.5 Å². The van der Waals surface area contributed by atoms with Gasteiger partial charge >= 0.3 is 0 Å². The minimum Gasteiger partial charge on any atom is -0.229 e. The van der Waals surface area contributed by atoms with E-state index in [4.69, 9.17) is 0 Å². The summed E-state index contributed by atoms with van der Waals surface area (Å²) < 4.78 is 2.27. The summed E-state index contributed by atoms with van der Waals surface area (Å²) >= 11 is 3.28. The molecule has 1 heterocycles.